The lowest BCUT2D eigenvalue weighted by atomic mass is 10.1. The third-order valence-corrected chi connectivity index (χ3v) is 5.00. The van der Waals surface area contributed by atoms with E-state index in [4.69, 9.17) is 15.6 Å². The molecule has 0 saturated carbocycles. The van der Waals surface area contributed by atoms with E-state index >= 15 is 0 Å². The molecule has 4 aromatic rings. The molecule has 31 heavy (non-hydrogen) atoms. The zero-order valence-electron chi connectivity index (χ0n) is 16.4. The highest BCUT2D eigenvalue weighted by Crippen LogP contribution is 2.18. The molecule has 0 atom stereocenters. The molecular weight excluding hydrogens is 412 g/mol. The third-order valence-electron chi connectivity index (χ3n) is 4.28. The van der Waals surface area contributed by atoms with E-state index in [0.717, 1.165) is 29.3 Å². The van der Waals surface area contributed by atoms with Crippen LogP contribution in [0.25, 0.3) is 11.2 Å². The zero-order valence-corrected chi connectivity index (χ0v) is 17.2. The quantitative estimate of drug-likeness (QED) is 0.310. The second-order valence-electron chi connectivity index (χ2n) is 6.36. The number of nitrogens with one attached hydrogen (secondary N) is 2. The summed E-state index contributed by atoms with van der Waals surface area (Å²) in [5, 5.41) is 17.8. The molecule has 0 aliphatic rings. The predicted octanol–water partition coefficient (Wildman–Crippen LogP) is 1.72. The van der Waals surface area contributed by atoms with Crippen LogP contribution in [0.2, 0.25) is 0 Å². The van der Waals surface area contributed by atoms with Gasteiger partial charge in [0.25, 0.3) is 5.23 Å². The number of pyridine rings is 1. The first-order valence-electron chi connectivity index (χ1n) is 9.40. The van der Waals surface area contributed by atoms with Gasteiger partial charge in [-0.1, -0.05) is 12.1 Å². The summed E-state index contributed by atoms with van der Waals surface area (Å²) in [6, 6.07) is 11.2. The molecule has 0 fully saturated rings. The van der Waals surface area contributed by atoms with Crippen molar-refractivity contribution in [3.63, 3.8) is 0 Å². The number of nitrogens with two attached hydrogens (primary N) is 1. The van der Waals surface area contributed by atoms with E-state index in [1.165, 1.54) is 6.33 Å². The number of fused-ring (bicyclic) bond motifs is 1. The van der Waals surface area contributed by atoms with Crippen molar-refractivity contribution in [2.45, 2.75) is 6.42 Å². The van der Waals surface area contributed by atoms with E-state index in [0.29, 0.717) is 34.3 Å². The zero-order chi connectivity index (χ0) is 21.5. The highest BCUT2D eigenvalue weighted by atomic mass is 32.2. The Bertz CT molecular complexity index is 1200. The summed E-state index contributed by atoms with van der Waals surface area (Å²) in [7, 11) is 0. The average Bonchev–Trinajstić information content (AvgIpc) is 2.81. The fourth-order valence-electron chi connectivity index (χ4n) is 2.78. The number of anilines is 1. The lowest BCUT2D eigenvalue weighted by Gasteiger charge is -2.08. The number of hydrogen-bond acceptors (Lipinski definition) is 9. The molecule has 9 nitrogen and oxygen atoms in total. The molecule has 3 aromatic heterocycles. The molecule has 0 radical (unpaired) electrons. The molecule has 4 N–H and O–H groups in total. The number of ether oxygens (including phenoxy) is 1. The molecule has 3 heterocycles. The fraction of sp³-hybridized carbons (Fsp3) is 0.0952. The normalized spacial score (nSPS) is 10.6. The Kier molecular flexibility index (Phi) is 6.38. The van der Waals surface area contributed by atoms with Crippen LogP contribution in [0, 0.1) is 5.41 Å². The predicted molar refractivity (Wildman–Crippen MR) is 120 cm³/mol. The van der Waals surface area contributed by atoms with Gasteiger partial charge in [0.1, 0.15) is 17.6 Å². The molecule has 1 aromatic carbocycles. The Hall–Kier alpha value is -3.92. The number of hydrogen-bond donors (Lipinski definition) is 3. The first-order valence-corrected chi connectivity index (χ1v) is 10.2. The van der Waals surface area contributed by atoms with Crippen molar-refractivity contribution in [3.8, 4) is 5.75 Å². The lowest BCUT2D eigenvalue weighted by Crippen LogP contribution is -2.39. The lowest BCUT2D eigenvalue weighted by molar-refractivity contribution is -0.107. The molecule has 0 saturated heterocycles. The molecule has 154 valence electrons. The van der Waals surface area contributed by atoms with Crippen LogP contribution >= 0.6 is 11.8 Å². The summed E-state index contributed by atoms with van der Waals surface area (Å²) in [5.74, 6) is 1.24. The molecule has 10 heteroatoms. The first-order chi connectivity index (χ1) is 15.2. The standard InChI is InChI=1S/C21H18N8OS/c22-18(15-6-8-24-9-7-15)31-21(23)30-16-3-1-14(2-4-16)5-10-26-19-17-20(29-13-28-19)27-12-11-25-17/h1-4,6-9,11-13,22-23H,5,10H2,(H,26,27,28,29)/p+1. The van der Waals surface area contributed by atoms with Crippen LogP contribution in [0.15, 0.2) is 67.5 Å². The van der Waals surface area contributed by atoms with Crippen molar-refractivity contribution in [3.05, 3.63) is 78.6 Å². The number of rotatable bonds is 6. The van der Waals surface area contributed by atoms with E-state index in [9.17, 15) is 0 Å². The Morgan fingerprint density at radius 2 is 1.74 bits per heavy atom. The Morgan fingerprint density at radius 1 is 0.968 bits per heavy atom. The minimum absolute atomic E-state index is 0.000443. The van der Waals surface area contributed by atoms with Gasteiger partial charge in [0.15, 0.2) is 11.5 Å². The molecule has 0 aliphatic heterocycles. The fourth-order valence-corrected chi connectivity index (χ4v) is 3.37. The maximum Gasteiger partial charge on any atom is 0.259 e. The summed E-state index contributed by atoms with van der Waals surface area (Å²) >= 11 is 1.06. The first kappa shape index (κ1) is 20.4. The second-order valence-corrected chi connectivity index (χ2v) is 7.38. The highest BCUT2D eigenvalue weighted by molar-refractivity contribution is 8.26. The van der Waals surface area contributed by atoms with E-state index in [1.54, 1.807) is 36.9 Å². The van der Waals surface area contributed by atoms with Gasteiger partial charge in [0.05, 0.1) is 5.56 Å². The average molecular weight is 432 g/mol. The molecule has 0 aliphatic carbocycles. The van der Waals surface area contributed by atoms with Crippen molar-refractivity contribution < 1.29 is 10.1 Å². The van der Waals surface area contributed by atoms with Gasteiger partial charge in [0.2, 0.25) is 5.04 Å². The minimum Gasteiger partial charge on any atom is -0.434 e. The number of aromatic nitrogens is 5. The van der Waals surface area contributed by atoms with Crippen molar-refractivity contribution in [1.82, 2.24) is 24.9 Å². The van der Waals surface area contributed by atoms with Gasteiger partial charge < -0.3 is 10.1 Å². The molecular formula is C21H19N8OS+. The van der Waals surface area contributed by atoms with E-state index in [1.807, 2.05) is 24.3 Å². The van der Waals surface area contributed by atoms with Crippen LogP contribution in [-0.2, 0) is 6.42 Å². The van der Waals surface area contributed by atoms with E-state index in [2.05, 4.69) is 30.2 Å². The van der Waals surface area contributed by atoms with Gasteiger partial charge in [0, 0.05) is 43.1 Å². The van der Waals surface area contributed by atoms with Gasteiger partial charge in [-0.15, -0.1) is 0 Å². The summed E-state index contributed by atoms with van der Waals surface area (Å²) in [6.45, 7) is 0.673. The van der Waals surface area contributed by atoms with Crippen LogP contribution in [0.3, 0.4) is 0 Å². The van der Waals surface area contributed by atoms with Gasteiger partial charge in [-0.2, -0.15) is 0 Å². The molecule has 0 bridgehead atoms. The van der Waals surface area contributed by atoms with Crippen molar-refractivity contribution in [2.24, 2.45) is 0 Å². The Labute approximate surface area is 182 Å². The van der Waals surface area contributed by atoms with Crippen LogP contribution in [-0.4, -0.2) is 41.7 Å². The number of nitrogens with zero attached hydrogens (tertiary/aromatic N) is 5. The largest absolute Gasteiger partial charge is 0.434 e. The topological polar surface area (TPSA) is 135 Å². The molecule has 0 unspecified atom stereocenters. The molecule has 0 amide bonds. The summed E-state index contributed by atoms with van der Waals surface area (Å²) in [6.07, 6.45) is 8.78. The van der Waals surface area contributed by atoms with Crippen molar-refractivity contribution in [1.29, 1.82) is 5.41 Å². The maximum absolute atomic E-state index is 8.02. The highest BCUT2D eigenvalue weighted by Gasteiger charge is 2.13. The van der Waals surface area contributed by atoms with Crippen LogP contribution in [0.1, 0.15) is 11.1 Å². The van der Waals surface area contributed by atoms with E-state index in [-0.39, 0.29) is 5.23 Å². The molecule has 4 rings (SSSR count). The SMILES string of the molecule is N=C(Oc1ccc(CCNc2ncnc3nccnc23)cc1)SC(=[NH2+])c1ccncc1. The van der Waals surface area contributed by atoms with Gasteiger partial charge in [-0.25, -0.2) is 25.3 Å². The second kappa shape index (κ2) is 9.72. The van der Waals surface area contributed by atoms with Crippen molar-refractivity contribution >= 4 is 39.0 Å². The summed E-state index contributed by atoms with van der Waals surface area (Å²) < 4.78 is 5.57. The summed E-state index contributed by atoms with van der Waals surface area (Å²) in [4.78, 5) is 20.8. The van der Waals surface area contributed by atoms with Crippen LogP contribution in [0.5, 0.6) is 5.75 Å². The van der Waals surface area contributed by atoms with Gasteiger partial charge in [-0.05, 0) is 36.2 Å². The smallest absolute Gasteiger partial charge is 0.259 e. The minimum atomic E-state index is 0.000443. The number of thioether (sulfide) groups is 1. The monoisotopic (exact) mass is 431 g/mol. The van der Waals surface area contributed by atoms with Gasteiger partial charge >= 0.3 is 0 Å². The Balaban J connectivity index is 1.28. The number of benzene rings is 1. The van der Waals surface area contributed by atoms with Crippen LogP contribution in [0.4, 0.5) is 5.82 Å². The van der Waals surface area contributed by atoms with Gasteiger partial charge in [-0.3, -0.25) is 10.4 Å². The summed E-state index contributed by atoms with van der Waals surface area (Å²) in [5.41, 5.74) is 3.13. The third kappa shape index (κ3) is 5.37. The van der Waals surface area contributed by atoms with Crippen molar-refractivity contribution in [2.75, 3.05) is 11.9 Å². The van der Waals surface area contributed by atoms with E-state index < -0.39 is 0 Å². The maximum atomic E-state index is 8.02. The Morgan fingerprint density at radius 3 is 2.55 bits per heavy atom. The molecule has 0 spiro atoms. The van der Waals surface area contributed by atoms with Crippen LogP contribution < -0.4 is 15.5 Å².